The molecular weight excluding hydrogens is 505 g/mol. The van der Waals surface area contributed by atoms with E-state index in [1.165, 1.54) is 72.0 Å². The summed E-state index contributed by atoms with van der Waals surface area (Å²) >= 11 is 0. The molecule has 0 bridgehead atoms. The summed E-state index contributed by atoms with van der Waals surface area (Å²) in [5.74, 6) is -2.07. The molecule has 7 nitrogen and oxygen atoms in total. The monoisotopic (exact) mass is 526 g/mol. The maximum Gasteiger partial charge on any atom is 0.283 e. The van der Waals surface area contributed by atoms with Crippen molar-refractivity contribution in [2.45, 2.75) is 11.4 Å². The van der Waals surface area contributed by atoms with Crippen molar-refractivity contribution in [2.75, 3.05) is 14.1 Å². The fourth-order valence-corrected chi connectivity index (χ4v) is 4.47. The Labute approximate surface area is 211 Å². The average Bonchev–Trinajstić information content (AvgIpc) is 2.86. The number of nitrogens with zero attached hydrogens (tertiary/aromatic N) is 4. The molecule has 0 aliphatic heterocycles. The van der Waals surface area contributed by atoms with E-state index in [9.17, 15) is 26.4 Å². The van der Waals surface area contributed by atoms with Gasteiger partial charge in [0.2, 0.25) is 0 Å². The first-order valence-corrected chi connectivity index (χ1v) is 12.4. The van der Waals surface area contributed by atoms with Crippen molar-refractivity contribution in [3.05, 3.63) is 106 Å². The maximum atomic E-state index is 14.2. The van der Waals surface area contributed by atoms with Crippen molar-refractivity contribution in [3.63, 3.8) is 0 Å². The van der Waals surface area contributed by atoms with Crippen LogP contribution < -0.4 is 5.56 Å². The molecule has 11 heteroatoms. The second-order valence-corrected chi connectivity index (χ2v) is 9.95. The summed E-state index contributed by atoms with van der Waals surface area (Å²) < 4.78 is 70.6. The summed E-state index contributed by atoms with van der Waals surface area (Å²) in [5, 5.41) is 4.16. The Bertz CT molecular complexity index is 1630. The molecule has 0 fully saturated rings. The number of rotatable bonds is 7. The van der Waals surface area contributed by atoms with Crippen LogP contribution in [0.3, 0.4) is 0 Å². The lowest BCUT2D eigenvalue weighted by Gasteiger charge is -2.13. The fourth-order valence-electron chi connectivity index (χ4n) is 3.55. The van der Waals surface area contributed by atoms with E-state index in [-0.39, 0.29) is 22.6 Å². The van der Waals surface area contributed by atoms with Crippen LogP contribution in [0.1, 0.15) is 5.56 Å². The van der Waals surface area contributed by atoms with Gasteiger partial charge in [-0.25, -0.2) is 17.9 Å². The molecule has 0 saturated carbocycles. The highest BCUT2D eigenvalue weighted by Gasteiger charge is 2.18. The van der Waals surface area contributed by atoms with Gasteiger partial charge < -0.3 is 4.90 Å². The molecule has 0 spiro atoms. The first-order valence-electron chi connectivity index (χ1n) is 10.9. The zero-order valence-electron chi connectivity index (χ0n) is 19.8. The quantitative estimate of drug-likeness (QED) is 0.265. The van der Waals surface area contributed by atoms with Gasteiger partial charge in [0.25, 0.3) is 15.6 Å². The third-order valence-electron chi connectivity index (χ3n) is 5.39. The summed E-state index contributed by atoms with van der Waals surface area (Å²) in [6, 6.07) is 14.0. The molecular formula is C26H21F3N4O3S. The van der Waals surface area contributed by atoms with Crippen LogP contribution in [0.4, 0.5) is 13.2 Å². The first-order chi connectivity index (χ1) is 17.5. The molecule has 0 aliphatic rings. The zero-order chi connectivity index (χ0) is 26.7. The van der Waals surface area contributed by atoms with Crippen molar-refractivity contribution in [1.29, 1.82) is 0 Å². The molecule has 4 rings (SSSR count). The Balaban J connectivity index is 1.81. The Hall–Kier alpha value is -4.25. The number of hydrogen-bond acceptors (Lipinski definition) is 4. The van der Waals surface area contributed by atoms with Gasteiger partial charge in [-0.2, -0.15) is 13.5 Å². The molecule has 0 N–H and O–H groups in total. The molecule has 1 aromatic heterocycles. The largest absolute Gasteiger partial charge is 0.368 e. The van der Waals surface area contributed by atoms with Crippen molar-refractivity contribution in [2.24, 2.45) is 4.40 Å². The molecule has 0 unspecified atom stereocenters. The van der Waals surface area contributed by atoms with Crippen molar-refractivity contribution < 1.29 is 21.6 Å². The first kappa shape index (κ1) is 25.8. The van der Waals surface area contributed by atoms with E-state index in [1.807, 2.05) is 0 Å². The number of hydrogen-bond donors (Lipinski definition) is 0. The van der Waals surface area contributed by atoms with Gasteiger partial charge in [-0.15, -0.1) is 4.40 Å². The molecule has 4 aromatic rings. The van der Waals surface area contributed by atoms with E-state index in [0.29, 0.717) is 22.8 Å². The lowest BCUT2D eigenvalue weighted by molar-refractivity contribution is 0.551. The molecule has 0 amide bonds. The van der Waals surface area contributed by atoms with E-state index in [4.69, 9.17) is 0 Å². The molecule has 37 heavy (non-hydrogen) atoms. The van der Waals surface area contributed by atoms with Gasteiger partial charge in [-0.1, -0.05) is 30.3 Å². The van der Waals surface area contributed by atoms with Gasteiger partial charge in [-0.05, 0) is 41.5 Å². The number of sulfonamides is 1. The van der Waals surface area contributed by atoms with Crippen molar-refractivity contribution in [1.82, 2.24) is 14.7 Å². The highest BCUT2D eigenvalue weighted by molar-refractivity contribution is 7.90. The number of benzene rings is 3. The van der Waals surface area contributed by atoms with Crippen molar-refractivity contribution in [3.8, 4) is 22.3 Å². The second kappa shape index (κ2) is 10.4. The minimum Gasteiger partial charge on any atom is -0.368 e. The summed E-state index contributed by atoms with van der Waals surface area (Å²) in [4.78, 5) is 14.9. The highest BCUT2D eigenvalue weighted by atomic mass is 32.2. The lowest BCUT2D eigenvalue weighted by atomic mass is 9.97. The van der Waals surface area contributed by atoms with Crippen molar-refractivity contribution >= 4 is 16.4 Å². The van der Waals surface area contributed by atoms with Gasteiger partial charge in [0.1, 0.15) is 23.8 Å². The van der Waals surface area contributed by atoms with Crippen LogP contribution in [0.25, 0.3) is 22.3 Å². The van der Waals surface area contributed by atoms with Crippen LogP contribution in [-0.2, 0) is 16.6 Å². The Morgan fingerprint density at radius 1 is 0.919 bits per heavy atom. The summed E-state index contributed by atoms with van der Waals surface area (Å²) in [6.07, 6.45) is 2.55. The van der Waals surface area contributed by atoms with Gasteiger partial charge in [-0.3, -0.25) is 4.79 Å². The van der Waals surface area contributed by atoms with Crippen LogP contribution in [-0.4, -0.2) is 43.5 Å². The highest BCUT2D eigenvalue weighted by Crippen LogP contribution is 2.30. The maximum absolute atomic E-state index is 14.2. The van der Waals surface area contributed by atoms with E-state index >= 15 is 0 Å². The lowest BCUT2D eigenvalue weighted by Crippen LogP contribution is -2.26. The third-order valence-corrected chi connectivity index (χ3v) is 6.63. The van der Waals surface area contributed by atoms with E-state index in [0.717, 1.165) is 10.7 Å². The molecule has 0 atom stereocenters. The van der Waals surface area contributed by atoms with Crippen LogP contribution in [0.2, 0.25) is 0 Å². The summed E-state index contributed by atoms with van der Waals surface area (Å²) in [6.45, 7) is -0.263. The number of halogens is 3. The van der Waals surface area contributed by atoms with Crippen LogP contribution in [0, 0.1) is 17.5 Å². The SMILES string of the molecule is CN(C)C=NS(=O)(=O)c1ccc(-c2cnn(Cc3ccc(F)cc3F)c(=O)c2-c2ccc(F)cc2)cc1. The van der Waals surface area contributed by atoms with Gasteiger partial charge in [0.15, 0.2) is 0 Å². The van der Waals surface area contributed by atoms with Crippen LogP contribution >= 0.6 is 0 Å². The molecule has 0 radical (unpaired) electrons. The van der Waals surface area contributed by atoms with E-state index in [2.05, 4.69) is 9.50 Å². The average molecular weight is 527 g/mol. The Morgan fingerprint density at radius 3 is 2.16 bits per heavy atom. The standard InChI is InChI=1S/C26H21F3N4O3S/c1-32(2)16-31-37(35,36)22-11-6-17(7-12-22)23-14-30-33(15-19-5-10-21(28)13-24(19)29)26(34)25(23)18-3-8-20(27)9-4-18/h3-14,16H,15H2,1-2H3. The second-order valence-electron chi connectivity index (χ2n) is 8.32. The van der Waals surface area contributed by atoms with Crippen LogP contribution in [0.5, 0.6) is 0 Å². The molecule has 190 valence electrons. The summed E-state index contributed by atoms with van der Waals surface area (Å²) in [7, 11) is -0.660. The molecule has 0 saturated heterocycles. The van der Waals surface area contributed by atoms with Gasteiger partial charge in [0, 0.05) is 31.3 Å². The number of aromatic nitrogens is 2. The minimum absolute atomic E-state index is 0.0502. The van der Waals surface area contributed by atoms with E-state index < -0.39 is 33.0 Å². The third kappa shape index (κ3) is 5.78. The minimum atomic E-state index is -3.94. The smallest absolute Gasteiger partial charge is 0.283 e. The van der Waals surface area contributed by atoms with E-state index in [1.54, 1.807) is 14.1 Å². The fraction of sp³-hybridized carbons (Fsp3) is 0.115. The van der Waals surface area contributed by atoms with Gasteiger partial charge in [0.05, 0.1) is 23.2 Å². The molecule has 3 aromatic carbocycles. The Morgan fingerprint density at radius 2 is 1.54 bits per heavy atom. The predicted octanol–water partition coefficient (Wildman–Crippen LogP) is 4.32. The zero-order valence-corrected chi connectivity index (χ0v) is 20.6. The molecule has 1 heterocycles. The Kier molecular flexibility index (Phi) is 7.25. The van der Waals surface area contributed by atoms with Gasteiger partial charge >= 0.3 is 0 Å². The predicted molar refractivity (Wildman–Crippen MR) is 134 cm³/mol. The van der Waals surface area contributed by atoms with Crippen LogP contribution in [0.15, 0.2) is 87.0 Å². The molecule has 0 aliphatic carbocycles. The topological polar surface area (TPSA) is 84.6 Å². The normalized spacial score (nSPS) is 11.7. The summed E-state index contributed by atoms with van der Waals surface area (Å²) in [5.41, 5.74) is 0.817.